The number of ether oxygens (including phenoxy) is 1. The maximum atomic E-state index is 11.7. The standard InChI is InChI=1S/C16H15NO4S/c1-11-7-8-22-14(11)9-13(15(18)19)17-16(20)21-10-12-5-3-2-4-6-12/h2-9H,10H2,1H3,(H,17,20)(H,18,19)/b13-9+. The maximum Gasteiger partial charge on any atom is 0.412 e. The van der Waals surface area contributed by atoms with Crippen molar-refractivity contribution in [3.63, 3.8) is 0 Å². The van der Waals surface area contributed by atoms with Crippen LogP contribution in [0.1, 0.15) is 16.0 Å². The van der Waals surface area contributed by atoms with Crippen molar-refractivity contribution in [1.82, 2.24) is 5.32 Å². The van der Waals surface area contributed by atoms with E-state index < -0.39 is 12.1 Å². The van der Waals surface area contributed by atoms with Gasteiger partial charge in [-0.3, -0.25) is 5.32 Å². The van der Waals surface area contributed by atoms with Crippen LogP contribution in [0.25, 0.3) is 6.08 Å². The fraction of sp³-hybridized carbons (Fsp3) is 0.125. The highest BCUT2D eigenvalue weighted by Crippen LogP contribution is 2.18. The molecule has 0 aliphatic carbocycles. The lowest BCUT2D eigenvalue weighted by atomic mass is 10.2. The van der Waals surface area contributed by atoms with Gasteiger partial charge in [0.2, 0.25) is 0 Å². The second-order valence-electron chi connectivity index (χ2n) is 4.52. The SMILES string of the molecule is Cc1ccsc1/C=C(/NC(=O)OCc1ccccc1)C(=O)O. The summed E-state index contributed by atoms with van der Waals surface area (Å²) in [6, 6.07) is 11.0. The Labute approximate surface area is 131 Å². The van der Waals surface area contributed by atoms with E-state index in [4.69, 9.17) is 9.84 Å². The van der Waals surface area contributed by atoms with Crippen molar-refractivity contribution in [2.75, 3.05) is 0 Å². The third kappa shape index (κ3) is 4.46. The summed E-state index contributed by atoms with van der Waals surface area (Å²) in [4.78, 5) is 23.7. The summed E-state index contributed by atoms with van der Waals surface area (Å²) in [7, 11) is 0. The number of carbonyl (C=O) groups is 2. The second kappa shape index (κ2) is 7.42. The monoisotopic (exact) mass is 317 g/mol. The maximum absolute atomic E-state index is 11.7. The second-order valence-corrected chi connectivity index (χ2v) is 5.47. The van der Waals surface area contributed by atoms with Gasteiger partial charge in [0.05, 0.1) is 0 Å². The molecular formula is C16H15NO4S. The van der Waals surface area contributed by atoms with Crippen LogP contribution >= 0.6 is 11.3 Å². The molecule has 0 saturated heterocycles. The lowest BCUT2D eigenvalue weighted by Gasteiger charge is -2.07. The minimum absolute atomic E-state index is 0.0810. The molecule has 0 radical (unpaired) electrons. The van der Waals surface area contributed by atoms with Crippen LogP contribution in [0.5, 0.6) is 0 Å². The Morgan fingerprint density at radius 2 is 2.00 bits per heavy atom. The van der Waals surface area contributed by atoms with E-state index in [9.17, 15) is 9.59 Å². The molecule has 1 amide bonds. The number of hydrogen-bond acceptors (Lipinski definition) is 4. The van der Waals surface area contributed by atoms with Crippen molar-refractivity contribution in [3.8, 4) is 0 Å². The molecule has 2 N–H and O–H groups in total. The zero-order valence-electron chi connectivity index (χ0n) is 11.9. The van der Waals surface area contributed by atoms with E-state index in [0.717, 1.165) is 16.0 Å². The van der Waals surface area contributed by atoms with Crippen molar-refractivity contribution in [2.24, 2.45) is 0 Å². The number of alkyl carbamates (subject to hydrolysis) is 1. The molecule has 0 aliphatic rings. The molecule has 1 heterocycles. The van der Waals surface area contributed by atoms with Gasteiger partial charge in [0, 0.05) is 4.88 Å². The van der Waals surface area contributed by atoms with Crippen molar-refractivity contribution in [3.05, 3.63) is 63.5 Å². The Balaban J connectivity index is 1.99. The minimum atomic E-state index is -1.22. The lowest BCUT2D eigenvalue weighted by molar-refractivity contribution is -0.132. The first kappa shape index (κ1) is 15.8. The summed E-state index contributed by atoms with van der Waals surface area (Å²) in [5, 5.41) is 13.3. The smallest absolute Gasteiger partial charge is 0.412 e. The number of thiophene rings is 1. The first-order chi connectivity index (χ1) is 10.6. The number of nitrogens with one attached hydrogen (secondary N) is 1. The molecule has 6 heteroatoms. The summed E-state index contributed by atoms with van der Waals surface area (Å²) in [5.41, 5.74) is 1.56. The number of carbonyl (C=O) groups excluding carboxylic acids is 1. The van der Waals surface area contributed by atoms with Gasteiger partial charge in [-0.2, -0.15) is 0 Å². The van der Waals surface area contributed by atoms with E-state index in [1.54, 1.807) is 0 Å². The van der Waals surface area contributed by atoms with Gasteiger partial charge in [-0.05, 0) is 35.6 Å². The molecule has 114 valence electrons. The Hall–Kier alpha value is -2.60. The molecule has 0 fully saturated rings. The van der Waals surface area contributed by atoms with Gasteiger partial charge in [-0.25, -0.2) is 9.59 Å². The van der Waals surface area contributed by atoms with Crippen molar-refractivity contribution < 1.29 is 19.4 Å². The molecule has 22 heavy (non-hydrogen) atoms. The Bertz CT molecular complexity index is 691. The van der Waals surface area contributed by atoms with Crippen LogP contribution in [-0.4, -0.2) is 17.2 Å². The Kier molecular flexibility index (Phi) is 5.32. The molecule has 2 rings (SSSR count). The van der Waals surface area contributed by atoms with E-state index in [2.05, 4.69) is 5.32 Å². The molecule has 1 aromatic carbocycles. The van der Waals surface area contributed by atoms with E-state index in [0.29, 0.717) is 0 Å². The van der Waals surface area contributed by atoms with Gasteiger partial charge in [-0.15, -0.1) is 11.3 Å². The lowest BCUT2D eigenvalue weighted by Crippen LogP contribution is -2.27. The van der Waals surface area contributed by atoms with Crippen LogP contribution in [0, 0.1) is 6.92 Å². The highest BCUT2D eigenvalue weighted by molar-refractivity contribution is 7.11. The van der Waals surface area contributed by atoms with Gasteiger partial charge >= 0.3 is 12.1 Å². The van der Waals surface area contributed by atoms with Crippen molar-refractivity contribution in [2.45, 2.75) is 13.5 Å². The molecule has 2 aromatic rings. The summed E-state index contributed by atoms with van der Waals surface area (Å²) >= 11 is 1.40. The zero-order chi connectivity index (χ0) is 15.9. The van der Waals surface area contributed by atoms with Crippen molar-refractivity contribution in [1.29, 1.82) is 0 Å². The number of aliphatic carboxylic acids is 1. The predicted octanol–water partition coefficient (Wildman–Crippen LogP) is 3.41. The normalized spacial score (nSPS) is 11.0. The molecule has 0 atom stereocenters. The fourth-order valence-corrected chi connectivity index (χ4v) is 2.54. The number of carboxylic acids is 1. The summed E-state index contributed by atoms with van der Waals surface area (Å²) in [6.45, 7) is 1.95. The number of aryl methyl sites for hydroxylation is 1. The Morgan fingerprint density at radius 1 is 1.27 bits per heavy atom. The molecular weight excluding hydrogens is 302 g/mol. The van der Waals surface area contributed by atoms with Crippen LogP contribution < -0.4 is 5.32 Å². The molecule has 5 nitrogen and oxygen atoms in total. The van der Waals surface area contributed by atoms with Crippen LogP contribution in [0.4, 0.5) is 4.79 Å². The van der Waals surface area contributed by atoms with Crippen LogP contribution in [0.3, 0.4) is 0 Å². The largest absolute Gasteiger partial charge is 0.477 e. The number of rotatable bonds is 5. The average molecular weight is 317 g/mol. The number of carboxylic acid groups (broad SMARTS) is 1. The van der Waals surface area contributed by atoms with Gasteiger partial charge in [0.1, 0.15) is 12.3 Å². The van der Waals surface area contributed by atoms with Gasteiger partial charge in [0.15, 0.2) is 0 Å². The molecule has 0 spiro atoms. The summed E-state index contributed by atoms with van der Waals surface area (Å²) in [5.74, 6) is -1.22. The minimum Gasteiger partial charge on any atom is -0.477 e. The quantitative estimate of drug-likeness (QED) is 0.829. The van der Waals surface area contributed by atoms with Gasteiger partial charge < -0.3 is 9.84 Å². The first-order valence-corrected chi connectivity index (χ1v) is 7.41. The number of hydrogen-bond donors (Lipinski definition) is 2. The van der Waals surface area contributed by atoms with E-state index in [-0.39, 0.29) is 12.3 Å². The van der Waals surface area contributed by atoms with E-state index in [1.165, 1.54) is 17.4 Å². The number of amides is 1. The summed E-state index contributed by atoms with van der Waals surface area (Å²) < 4.78 is 5.01. The molecule has 0 bridgehead atoms. The topological polar surface area (TPSA) is 75.6 Å². The highest BCUT2D eigenvalue weighted by atomic mass is 32.1. The van der Waals surface area contributed by atoms with Crippen LogP contribution in [0.2, 0.25) is 0 Å². The van der Waals surface area contributed by atoms with Crippen molar-refractivity contribution >= 4 is 29.5 Å². The third-order valence-electron chi connectivity index (χ3n) is 2.86. The highest BCUT2D eigenvalue weighted by Gasteiger charge is 2.13. The molecule has 1 aromatic heterocycles. The molecule has 0 aliphatic heterocycles. The number of benzene rings is 1. The zero-order valence-corrected chi connectivity index (χ0v) is 12.7. The fourth-order valence-electron chi connectivity index (χ4n) is 1.68. The van der Waals surface area contributed by atoms with E-state index >= 15 is 0 Å². The molecule has 0 unspecified atom stereocenters. The van der Waals surface area contributed by atoms with Gasteiger partial charge in [0.25, 0.3) is 0 Å². The van der Waals surface area contributed by atoms with Crippen LogP contribution in [-0.2, 0) is 16.1 Å². The van der Waals surface area contributed by atoms with Crippen LogP contribution in [0.15, 0.2) is 47.5 Å². The van der Waals surface area contributed by atoms with E-state index in [1.807, 2.05) is 48.7 Å². The first-order valence-electron chi connectivity index (χ1n) is 6.53. The molecule has 0 saturated carbocycles. The summed E-state index contributed by atoms with van der Waals surface area (Å²) in [6.07, 6.45) is 0.623. The Morgan fingerprint density at radius 3 is 2.59 bits per heavy atom. The predicted molar refractivity (Wildman–Crippen MR) is 84.4 cm³/mol. The average Bonchev–Trinajstić information content (AvgIpc) is 2.91. The van der Waals surface area contributed by atoms with Gasteiger partial charge in [-0.1, -0.05) is 30.3 Å². The third-order valence-corrected chi connectivity index (χ3v) is 3.82.